The molecule has 0 bridgehead atoms. The minimum Gasteiger partial charge on any atom is -0.350 e. The predicted octanol–water partition coefficient (Wildman–Crippen LogP) is 2.44. The van der Waals surface area contributed by atoms with E-state index < -0.39 is 0 Å². The van der Waals surface area contributed by atoms with Gasteiger partial charge in [-0.2, -0.15) is 0 Å². The van der Waals surface area contributed by atoms with E-state index in [4.69, 9.17) is 0 Å². The highest BCUT2D eigenvalue weighted by molar-refractivity contribution is 9.10. The zero-order valence-electron chi connectivity index (χ0n) is 12.4. The van der Waals surface area contributed by atoms with Crippen LogP contribution in [0, 0.1) is 0 Å². The second-order valence-corrected chi connectivity index (χ2v) is 5.73. The molecule has 0 saturated carbocycles. The molecule has 0 aliphatic heterocycles. The number of rotatable bonds is 5. The van der Waals surface area contributed by atoms with Gasteiger partial charge in [-0.3, -0.25) is 9.59 Å². The number of carbonyl (C=O) groups excluding carboxylic acids is 1. The Hall–Kier alpha value is -1.37. The van der Waals surface area contributed by atoms with Gasteiger partial charge in [0, 0.05) is 28.5 Å². The zero-order chi connectivity index (χ0) is 15.4. The number of likely N-dealkylation sites (N-methyl/N-ethyl adjacent to an activating group) is 1. The summed E-state index contributed by atoms with van der Waals surface area (Å²) in [5, 5.41) is 6.79. The molecule has 5 nitrogen and oxygen atoms in total. The van der Waals surface area contributed by atoms with Gasteiger partial charge < -0.3 is 15.6 Å². The molecule has 2 rings (SSSR count). The summed E-state index contributed by atoms with van der Waals surface area (Å²) in [4.78, 5) is 26.8. The number of hydrogen-bond donors (Lipinski definition) is 3. The first-order chi connectivity index (χ1) is 10.0. The van der Waals surface area contributed by atoms with Crippen molar-refractivity contribution in [3.8, 4) is 0 Å². The van der Waals surface area contributed by atoms with E-state index in [-0.39, 0.29) is 29.9 Å². The fourth-order valence-corrected chi connectivity index (χ4v) is 2.66. The Morgan fingerprint density at radius 1 is 1.41 bits per heavy atom. The van der Waals surface area contributed by atoms with Crippen LogP contribution in [0.3, 0.4) is 0 Å². The lowest BCUT2D eigenvalue weighted by atomic mass is 10.1. The predicted molar refractivity (Wildman–Crippen MR) is 95.0 cm³/mol. The summed E-state index contributed by atoms with van der Waals surface area (Å²) in [6.07, 6.45) is 0. The van der Waals surface area contributed by atoms with Crippen LogP contribution in [0.5, 0.6) is 0 Å². The topological polar surface area (TPSA) is 74.0 Å². The van der Waals surface area contributed by atoms with Gasteiger partial charge in [-0.25, -0.2) is 0 Å². The third-order valence-corrected chi connectivity index (χ3v) is 3.85. The molecule has 3 N–H and O–H groups in total. The van der Waals surface area contributed by atoms with E-state index in [0.29, 0.717) is 17.6 Å². The van der Waals surface area contributed by atoms with E-state index in [9.17, 15) is 9.59 Å². The molecule has 1 aromatic carbocycles. The monoisotopic (exact) mass is 387 g/mol. The standard InChI is InChI=1S/C15H18BrN3O2.ClH/c1-3-17-9(2)8-18-15(21)11-7-13(20)19-14-10(11)5-4-6-12(14)16;/h4-7,9,17H,3,8H2,1-2H3,(H,18,21)(H,19,20);1H/t9-;/m1./s1. The number of aromatic nitrogens is 1. The largest absolute Gasteiger partial charge is 0.350 e. The second-order valence-electron chi connectivity index (χ2n) is 4.88. The first-order valence-corrected chi connectivity index (χ1v) is 7.65. The fraction of sp³-hybridized carbons (Fsp3) is 0.333. The molecule has 0 unspecified atom stereocenters. The van der Waals surface area contributed by atoms with E-state index >= 15 is 0 Å². The normalized spacial score (nSPS) is 11.8. The van der Waals surface area contributed by atoms with Gasteiger partial charge in [0.1, 0.15) is 0 Å². The maximum absolute atomic E-state index is 12.3. The third-order valence-electron chi connectivity index (χ3n) is 3.19. The molecule has 0 radical (unpaired) electrons. The molecule has 7 heteroatoms. The summed E-state index contributed by atoms with van der Waals surface area (Å²) in [5.41, 5.74) is 0.730. The molecule has 22 heavy (non-hydrogen) atoms. The number of amides is 1. The van der Waals surface area contributed by atoms with Gasteiger partial charge in [-0.1, -0.05) is 19.1 Å². The summed E-state index contributed by atoms with van der Waals surface area (Å²) in [5.74, 6) is -0.242. The van der Waals surface area contributed by atoms with Crippen molar-refractivity contribution >= 4 is 45.1 Å². The number of carbonyl (C=O) groups is 1. The van der Waals surface area contributed by atoms with Crippen molar-refractivity contribution in [3.63, 3.8) is 0 Å². The van der Waals surface area contributed by atoms with Crippen LogP contribution in [0.4, 0.5) is 0 Å². The van der Waals surface area contributed by atoms with Crippen molar-refractivity contribution in [1.82, 2.24) is 15.6 Å². The molecular weight excluding hydrogens is 370 g/mol. The molecule has 1 heterocycles. The molecule has 0 aliphatic carbocycles. The number of nitrogens with one attached hydrogen (secondary N) is 3. The molecule has 0 spiro atoms. The van der Waals surface area contributed by atoms with Crippen molar-refractivity contribution < 1.29 is 4.79 Å². The van der Waals surface area contributed by atoms with Crippen LogP contribution in [0.2, 0.25) is 0 Å². The lowest BCUT2D eigenvalue weighted by Gasteiger charge is -2.14. The maximum Gasteiger partial charge on any atom is 0.252 e. The first kappa shape index (κ1) is 18.7. The number of fused-ring (bicyclic) bond motifs is 1. The molecule has 0 aliphatic rings. The lowest BCUT2D eigenvalue weighted by Crippen LogP contribution is -2.39. The molecule has 1 aromatic heterocycles. The Balaban J connectivity index is 0.00000242. The number of para-hydroxylation sites is 1. The summed E-state index contributed by atoms with van der Waals surface area (Å²) < 4.78 is 0.757. The molecule has 0 fully saturated rings. The average molecular weight is 389 g/mol. The van der Waals surface area contributed by atoms with Gasteiger partial charge in [0.05, 0.1) is 11.1 Å². The highest BCUT2D eigenvalue weighted by Crippen LogP contribution is 2.23. The number of aromatic amines is 1. The van der Waals surface area contributed by atoms with Crippen LogP contribution in [0.1, 0.15) is 24.2 Å². The Kier molecular flexibility index (Phi) is 7.06. The van der Waals surface area contributed by atoms with Crippen molar-refractivity contribution in [2.24, 2.45) is 0 Å². The van der Waals surface area contributed by atoms with Gasteiger partial charge in [0.15, 0.2) is 0 Å². The van der Waals surface area contributed by atoms with Gasteiger partial charge in [-0.05, 0) is 35.5 Å². The quantitative estimate of drug-likeness (QED) is 0.736. The van der Waals surface area contributed by atoms with Gasteiger partial charge in [0.2, 0.25) is 5.56 Å². The number of halogens is 2. The van der Waals surface area contributed by atoms with Crippen molar-refractivity contribution in [3.05, 3.63) is 44.7 Å². The van der Waals surface area contributed by atoms with Crippen LogP contribution >= 0.6 is 28.3 Å². The van der Waals surface area contributed by atoms with Crippen LogP contribution in [0.25, 0.3) is 10.9 Å². The summed E-state index contributed by atoms with van der Waals surface area (Å²) in [6, 6.07) is 7.00. The average Bonchev–Trinajstić information content (AvgIpc) is 2.45. The SMILES string of the molecule is CCN[C@H](C)CNC(=O)c1cc(=O)[nH]c2c(Br)cccc12.Cl. The molecular formula is C15H19BrClN3O2. The highest BCUT2D eigenvalue weighted by atomic mass is 79.9. The zero-order valence-corrected chi connectivity index (χ0v) is 14.8. The van der Waals surface area contributed by atoms with Crippen LogP contribution in [0.15, 0.2) is 33.5 Å². The first-order valence-electron chi connectivity index (χ1n) is 6.86. The van der Waals surface area contributed by atoms with Gasteiger partial charge in [-0.15, -0.1) is 12.4 Å². The Morgan fingerprint density at radius 2 is 2.14 bits per heavy atom. The summed E-state index contributed by atoms with van der Waals surface area (Å²) in [7, 11) is 0. The van der Waals surface area contributed by atoms with Crippen molar-refractivity contribution in [1.29, 1.82) is 0 Å². The number of benzene rings is 1. The number of pyridine rings is 1. The van der Waals surface area contributed by atoms with E-state index in [1.165, 1.54) is 6.07 Å². The van der Waals surface area contributed by atoms with Gasteiger partial charge in [0.25, 0.3) is 5.91 Å². The summed E-state index contributed by atoms with van der Waals surface area (Å²) in [6.45, 7) is 5.36. The number of H-pyrrole nitrogens is 1. The molecule has 120 valence electrons. The lowest BCUT2D eigenvalue weighted by molar-refractivity contribution is 0.0951. The second kappa shape index (κ2) is 8.31. The third kappa shape index (κ3) is 4.32. The van der Waals surface area contributed by atoms with E-state index in [2.05, 4.69) is 31.5 Å². The minimum atomic E-state index is -0.292. The smallest absolute Gasteiger partial charge is 0.252 e. The Labute approximate surface area is 143 Å². The van der Waals surface area contributed by atoms with Crippen molar-refractivity contribution in [2.45, 2.75) is 19.9 Å². The Bertz CT molecular complexity index is 717. The molecule has 2 aromatic rings. The highest BCUT2D eigenvalue weighted by Gasteiger charge is 2.13. The van der Waals surface area contributed by atoms with Crippen molar-refractivity contribution in [2.75, 3.05) is 13.1 Å². The van der Waals surface area contributed by atoms with E-state index in [0.717, 1.165) is 16.4 Å². The van der Waals surface area contributed by atoms with E-state index in [1.807, 2.05) is 32.0 Å². The van der Waals surface area contributed by atoms with Crippen LogP contribution in [-0.2, 0) is 0 Å². The Morgan fingerprint density at radius 3 is 2.82 bits per heavy atom. The van der Waals surface area contributed by atoms with Crippen LogP contribution in [-0.4, -0.2) is 30.0 Å². The maximum atomic E-state index is 12.3. The fourth-order valence-electron chi connectivity index (χ4n) is 2.19. The van der Waals surface area contributed by atoms with E-state index in [1.54, 1.807) is 0 Å². The van der Waals surface area contributed by atoms with Crippen LogP contribution < -0.4 is 16.2 Å². The van der Waals surface area contributed by atoms with Gasteiger partial charge >= 0.3 is 0 Å². The summed E-state index contributed by atoms with van der Waals surface area (Å²) >= 11 is 3.39. The number of hydrogen-bond acceptors (Lipinski definition) is 3. The minimum absolute atomic E-state index is 0. The molecule has 0 saturated heterocycles. The molecule has 1 amide bonds. The molecule has 1 atom stereocenters.